The normalized spacial score (nSPS) is 17.8. The van der Waals surface area contributed by atoms with Crippen molar-refractivity contribution < 1.29 is 4.79 Å². The van der Waals surface area contributed by atoms with Crippen LogP contribution in [0.2, 0.25) is 0 Å². The van der Waals surface area contributed by atoms with Gasteiger partial charge < -0.3 is 5.32 Å². The molecule has 0 saturated carbocycles. The number of hydrogen-bond acceptors (Lipinski definition) is 4. The number of hydrogen-bond donors (Lipinski definition) is 2. The van der Waals surface area contributed by atoms with E-state index >= 15 is 0 Å². The van der Waals surface area contributed by atoms with Crippen molar-refractivity contribution in [3.8, 4) is 11.1 Å². The summed E-state index contributed by atoms with van der Waals surface area (Å²) in [6.07, 6.45) is 8.98. The molecule has 1 unspecified atom stereocenters. The Hall–Kier alpha value is -2.93. The second-order valence-corrected chi connectivity index (χ2v) is 7.12. The van der Waals surface area contributed by atoms with E-state index in [4.69, 9.17) is 0 Å². The van der Waals surface area contributed by atoms with Crippen LogP contribution in [0.25, 0.3) is 21.9 Å². The van der Waals surface area contributed by atoms with E-state index in [1.807, 2.05) is 38.6 Å². The zero-order valence-electron chi connectivity index (χ0n) is 15.6. The Morgan fingerprint density at radius 1 is 1.11 bits per heavy atom. The number of pyridine rings is 1. The van der Waals surface area contributed by atoms with Crippen molar-refractivity contribution in [2.75, 3.05) is 18.9 Å². The number of amides is 2. The summed E-state index contributed by atoms with van der Waals surface area (Å²) in [5, 5.41) is 12.2. The van der Waals surface area contributed by atoms with Gasteiger partial charge in [0.05, 0.1) is 12.4 Å². The van der Waals surface area contributed by atoms with Gasteiger partial charge in [0, 0.05) is 30.4 Å². The molecule has 1 aromatic carbocycles. The maximum atomic E-state index is 12.4. The number of anilines is 1. The summed E-state index contributed by atoms with van der Waals surface area (Å²) >= 11 is 0. The number of rotatable bonds is 3. The van der Waals surface area contributed by atoms with Gasteiger partial charge in [-0.1, -0.05) is 12.1 Å². The molecule has 1 atom stereocenters. The van der Waals surface area contributed by atoms with Crippen LogP contribution in [0, 0.1) is 0 Å². The van der Waals surface area contributed by atoms with Crippen molar-refractivity contribution >= 4 is 22.6 Å². The second kappa shape index (κ2) is 7.36. The standard InChI is InChI=1S/C20H24N6O/c1-25-8-4-3-5-19(25)24-20(27)23-18-10-16-9-14(6-7-15(16)11-21-18)17-12-22-26(2)13-17/h6-7,9-13,19H,3-5,8H2,1-2H3,(H2,21,23,24,27). The van der Waals surface area contributed by atoms with Crippen LogP contribution in [0.3, 0.4) is 0 Å². The van der Waals surface area contributed by atoms with E-state index in [1.165, 1.54) is 6.42 Å². The first-order chi connectivity index (χ1) is 13.1. The highest BCUT2D eigenvalue weighted by Crippen LogP contribution is 2.25. The predicted molar refractivity (Wildman–Crippen MR) is 106 cm³/mol. The van der Waals surface area contributed by atoms with Gasteiger partial charge in [-0.05, 0) is 55.9 Å². The van der Waals surface area contributed by atoms with Crippen LogP contribution in [0.15, 0.2) is 42.9 Å². The zero-order valence-corrected chi connectivity index (χ0v) is 15.6. The third-order valence-electron chi connectivity index (χ3n) is 5.07. The molecule has 0 aliphatic carbocycles. The van der Waals surface area contributed by atoms with Crippen LogP contribution in [-0.2, 0) is 7.05 Å². The summed E-state index contributed by atoms with van der Waals surface area (Å²) in [7, 11) is 3.94. The highest BCUT2D eigenvalue weighted by Gasteiger charge is 2.20. The summed E-state index contributed by atoms with van der Waals surface area (Å²) in [5.74, 6) is 0.543. The summed E-state index contributed by atoms with van der Waals surface area (Å²) < 4.78 is 1.78. The fourth-order valence-corrected chi connectivity index (χ4v) is 3.52. The fourth-order valence-electron chi connectivity index (χ4n) is 3.52. The predicted octanol–water partition coefficient (Wildman–Crippen LogP) is 3.20. The van der Waals surface area contributed by atoms with Crippen molar-refractivity contribution in [1.82, 2.24) is 25.0 Å². The molecule has 2 N–H and O–H groups in total. The Kier molecular flexibility index (Phi) is 4.77. The largest absolute Gasteiger partial charge is 0.322 e. The second-order valence-electron chi connectivity index (χ2n) is 7.12. The smallest absolute Gasteiger partial charge is 0.321 e. The molecule has 2 amide bonds. The molecule has 0 radical (unpaired) electrons. The van der Waals surface area contributed by atoms with Gasteiger partial charge in [-0.3, -0.25) is 14.9 Å². The average Bonchev–Trinajstić information content (AvgIpc) is 3.09. The van der Waals surface area contributed by atoms with Crippen molar-refractivity contribution in [3.05, 3.63) is 42.9 Å². The van der Waals surface area contributed by atoms with E-state index in [-0.39, 0.29) is 12.2 Å². The molecule has 7 heteroatoms. The van der Waals surface area contributed by atoms with E-state index in [0.29, 0.717) is 5.82 Å². The summed E-state index contributed by atoms with van der Waals surface area (Å²) in [6.45, 7) is 1.01. The number of aromatic nitrogens is 3. The molecule has 1 aliphatic heterocycles. The molecule has 2 aromatic heterocycles. The maximum Gasteiger partial charge on any atom is 0.321 e. The first kappa shape index (κ1) is 17.5. The molecule has 4 rings (SSSR count). The van der Waals surface area contributed by atoms with E-state index in [2.05, 4.69) is 37.7 Å². The lowest BCUT2D eigenvalue weighted by atomic mass is 10.1. The van der Waals surface area contributed by atoms with E-state index < -0.39 is 0 Å². The number of urea groups is 1. The minimum absolute atomic E-state index is 0.0800. The molecule has 27 heavy (non-hydrogen) atoms. The summed E-state index contributed by atoms with van der Waals surface area (Å²) in [5.41, 5.74) is 2.14. The number of benzene rings is 1. The number of carbonyl (C=O) groups excluding carboxylic acids is 1. The van der Waals surface area contributed by atoms with Crippen LogP contribution < -0.4 is 10.6 Å². The van der Waals surface area contributed by atoms with Crippen LogP contribution in [0.5, 0.6) is 0 Å². The van der Waals surface area contributed by atoms with Gasteiger partial charge in [-0.2, -0.15) is 5.10 Å². The topological polar surface area (TPSA) is 75.1 Å². The van der Waals surface area contributed by atoms with Gasteiger partial charge in [0.25, 0.3) is 0 Å². The van der Waals surface area contributed by atoms with Crippen LogP contribution in [0.1, 0.15) is 19.3 Å². The minimum atomic E-state index is -0.219. The number of nitrogens with zero attached hydrogens (tertiary/aromatic N) is 4. The van der Waals surface area contributed by atoms with Crippen molar-refractivity contribution in [3.63, 3.8) is 0 Å². The van der Waals surface area contributed by atoms with Crippen LogP contribution in [-0.4, -0.2) is 45.5 Å². The Morgan fingerprint density at radius 3 is 2.78 bits per heavy atom. The highest BCUT2D eigenvalue weighted by atomic mass is 16.2. The number of carbonyl (C=O) groups is 1. The molecule has 0 spiro atoms. The molecule has 1 fully saturated rings. The third-order valence-corrected chi connectivity index (χ3v) is 5.07. The SMILES string of the molecule is CN1CCCCC1NC(=O)Nc1cc2cc(-c3cnn(C)c3)ccc2cn1. The van der Waals surface area contributed by atoms with Gasteiger partial charge in [0.2, 0.25) is 0 Å². The monoisotopic (exact) mass is 364 g/mol. The quantitative estimate of drug-likeness (QED) is 0.748. The van der Waals surface area contributed by atoms with Crippen molar-refractivity contribution in [2.45, 2.75) is 25.4 Å². The lowest BCUT2D eigenvalue weighted by Crippen LogP contribution is -2.50. The lowest BCUT2D eigenvalue weighted by Gasteiger charge is -2.32. The number of likely N-dealkylation sites (tertiary alicyclic amines) is 1. The molecular weight excluding hydrogens is 340 g/mol. The molecule has 3 heterocycles. The average molecular weight is 364 g/mol. The minimum Gasteiger partial charge on any atom is -0.322 e. The Labute approximate surface area is 158 Å². The molecular formula is C20H24N6O. The van der Waals surface area contributed by atoms with E-state index in [1.54, 1.807) is 10.9 Å². The molecule has 3 aromatic rings. The van der Waals surface area contributed by atoms with Gasteiger partial charge in [0.15, 0.2) is 0 Å². The molecule has 1 saturated heterocycles. The lowest BCUT2D eigenvalue weighted by molar-refractivity contribution is 0.158. The van der Waals surface area contributed by atoms with Crippen molar-refractivity contribution in [1.29, 1.82) is 0 Å². The molecule has 140 valence electrons. The molecule has 7 nitrogen and oxygen atoms in total. The number of nitrogens with one attached hydrogen (secondary N) is 2. The van der Waals surface area contributed by atoms with Gasteiger partial charge in [-0.15, -0.1) is 0 Å². The summed E-state index contributed by atoms with van der Waals surface area (Å²) in [4.78, 5) is 18.9. The summed E-state index contributed by atoms with van der Waals surface area (Å²) in [6, 6.07) is 7.86. The molecule has 1 aliphatic rings. The van der Waals surface area contributed by atoms with Crippen LogP contribution >= 0.6 is 0 Å². The number of fused-ring (bicyclic) bond motifs is 1. The number of aryl methyl sites for hydroxylation is 1. The van der Waals surface area contributed by atoms with E-state index in [0.717, 1.165) is 41.3 Å². The van der Waals surface area contributed by atoms with Crippen LogP contribution in [0.4, 0.5) is 10.6 Å². The Balaban J connectivity index is 1.51. The number of piperidine rings is 1. The first-order valence-corrected chi connectivity index (χ1v) is 9.25. The third kappa shape index (κ3) is 3.93. The first-order valence-electron chi connectivity index (χ1n) is 9.25. The van der Waals surface area contributed by atoms with E-state index in [9.17, 15) is 4.79 Å². The maximum absolute atomic E-state index is 12.4. The fraction of sp³-hybridized carbons (Fsp3) is 0.350. The molecule has 0 bridgehead atoms. The van der Waals surface area contributed by atoms with Crippen molar-refractivity contribution in [2.24, 2.45) is 7.05 Å². The Bertz CT molecular complexity index is 966. The zero-order chi connectivity index (χ0) is 18.8. The Morgan fingerprint density at radius 2 is 2.00 bits per heavy atom. The van der Waals surface area contributed by atoms with Gasteiger partial charge in [0.1, 0.15) is 5.82 Å². The highest BCUT2D eigenvalue weighted by molar-refractivity contribution is 5.93. The van der Waals surface area contributed by atoms with Gasteiger partial charge in [-0.25, -0.2) is 9.78 Å². The van der Waals surface area contributed by atoms with Gasteiger partial charge >= 0.3 is 6.03 Å².